The molecule has 5 nitrogen and oxygen atoms in total. The second kappa shape index (κ2) is 6.10. The van der Waals surface area contributed by atoms with Crippen LogP contribution in [-0.4, -0.2) is 22.6 Å². The van der Waals surface area contributed by atoms with E-state index in [4.69, 9.17) is 5.11 Å². The van der Waals surface area contributed by atoms with Crippen LogP contribution in [0, 0.1) is 5.41 Å². The molecule has 0 saturated heterocycles. The van der Waals surface area contributed by atoms with Crippen LogP contribution in [0.3, 0.4) is 0 Å². The van der Waals surface area contributed by atoms with Gasteiger partial charge in [0.15, 0.2) is 0 Å². The second-order valence-electron chi connectivity index (χ2n) is 5.83. The van der Waals surface area contributed by atoms with Gasteiger partial charge in [0, 0.05) is 17.6 Å². The third-order valence-corrected chi connectivity index (χ3v) is 3.65. The van der Waals surface area contributed by atoms with Gasteiger partial charge in [-0.15, -0.1) is 0 Å². The molecule has 2 aromatic rings. The average Bonchev–Trinajstić information content (AvgIpc) is 2.43. The van der Waals surface area contributed by atoms with E-state index in [1.165, 1.54) is 0 Å². The molecule has 0 saturated carbocycles. The highest BCUT2D eigenvalue weighted by Crippen LogP contribution is 2.19. The Morgan fingerprint density at radius 3 is 2.76 bits per heavy atom. The number of hydrogen-bond donors (Lipinski definition) is 3. The van der Waals surface area contributed by atoms with E-state index >= 15 is 0 Å². The van der Waals surface area contributed by atoms with Crippen LogP contribution in [0.15, 0.2) is 35.1 Å². The van der Waals surface area contributed by atoms with E-state index < -0.39 is 11.4 Å². The molecular weight excluding hydrogens is 268 g/mol. The molecule has 3 N–H and O–H groups in total. The third kappa shape index (κ3) is 3.70. The lowest BCUT2D eigenvalue weighted by molar-refractivity contribution is -0.147. The minimum Gasteiger partial charge on any atom is -0.481 e. The van der Waals surface area contributed by atoms with Crippen molar-refractivity contribution in [2.45, 2.75) is 26.8 Å². The fourth-order valence-corrected chi connectivity index (χ4v) is 2.05. The highest BCUT2D eigenvalue weighted by Gasteiger charge is 2.26. The molecule has 0 unspecified atom stereocenters. The van der Waals surface area contributed by atoms with Gasteiger partial charge in [-0.1, -0.05) is 18.2 Å². The van der Waals surface area contributed by atoms with Gasteiger partial charge in [0.2, 0.25) is 0 Å². The van der Waals surface area contributed by atoms with Crippen molar-refractivity contribution in [2.75, 3.05) is 6.54 Å². The maximum Gasteiger partial charge on any atom is 0.309 e. The number of aromatic amines is 1. The van der Waals surface area contributed by atoms with Gasteiger partial charge in [0.05, 0.1) is 5.41 Å². The van der Waals surface area contributed by atoms with Gasteiger partial charge in [-0.3, -0.25) is 9.59 Å². The van der Waals surface area contributed by atoms with E-state index in [1.807, 2.05) is 30.3 Å². The Labute approximate surface area is 123 Å². The fraction of sp³-hybridized carbons (Fsp3) is 0.375. The lowest BCUT2D eigenvalue weighted by atomic mass is 9.90. The monoisotopic (exact) mass is 288 g/mol. The van der Waals surface area contributed by atoms with Crippen LogP contribution in [0.5, 0.6) is 0 Å². The summed E-state index contributed by atoms with van der Waals surface area (Å²) in [5.74, 6) is -0.812. The van der Waals surface area contributed by atoms with Gasteiger partial charge >= 0.3 is 5.97 Å². The van der Waals surface area contributed by atoms with Crippen molar-refractivity contribution >= 4 is 16.9 Å². The summed E-state index contributed by atoms with van der Waals surface area (Å²) in [7, 11) is 0. The minimum absolute atomic E-state index is 0.112. The van der Waals surface area contributed by atoms with Gasteiger partial charge < -0.3 is 15.4 Å². The van der Waals surface area contributed by atoms with Gasteiger partial charge in [-0.05, 0) is 44.3 Å². The van der Waals surface area contributed by atoms with E-state index in [0.717, 1.165) is 10.9 Å². The SMILES string of the molecule is CC(C)(CCNCc1cc2ccccc2[nH]c1=O)C(=O)O. The summed E-state index contributed by atoms with van der Waals surface area (Å²) in [5, 5.41) is 13.2. The summed E-state index contributed by atoms with van der Waals surface area (Å²) >= 11 is 0. The van der Waals surface area contributed by atoms with E-state index in [0.29, 0.717) is 25.1 Å². The Morgan fingerprint density at radius 1 is 1.33 bits per heavy atom. The molecule has 5 heteroatoms. The van der Waals surface area contributed by atoms with Crippen LogP contribution in [0.4, 0.5) is 0 Å². The Hall–Kier alpha value is -2.14. The number of H-pyrrole nitrogens is 1. The van der Waals surface area contributed by atoms with Crippen molar-refractivity contribution in [3.63, 3.8) is 0 Å². The molecule has 2 rings (SSSR count). The predicted molar refractivity (Wildman–Crippen MR) is 82.3 cm³/mol. The number of carboxylic acid groups (broad SMARTS) is 1. The maximum atomic E-state index is 11.9. The van der Waals surface area contributed by atoms with Crippen LogP contribution in [0.2, 0.25) is 0 Å². The Morgan fingerprint density at radius 2 is 2.05 bits per heavy atom. The number of para-hydroxylation sites is 1. The highest BCUT2D eigenvalue weighted by atomic mass is 16.4. The molecule has 0 radical (unpaired) electrons. The zero-order chi connectivity index (χ0) is 15.5. The molecule has 1 aromatic carbocycles. The van der Waals surface area contributed by atoms with Crippen LogP contribution >= 0.6 is 0 Å². The predicted octanol–water partition coefficient (Wildman–Crippen LogP) is 2.12. The zero-order valence-electron chi connectivity index (χ0n) is 12.3. The minimum atomic E-state index is -0.812. The number of benzene rings is 1. The van der Waals surface area contributed by atoms with Crippen molar-refractivity contribution in [1.82, 2.24) is 10.3 Å². The molecule has 0 spiro atoms. The van der Waals surface area contributed by atoms with Gasteiger partial charge in [0.1, 0.15) is 0 Å². The third-order valence-electron chi connectivity index (χ3n) is 3.65. The second-order valence-corrected chi connectivity index (χ2v) is 5.83. The van der Waals surface area contributed by atoms with Crippen LogP contribution in [0.25, 0.3) is 10.9 Å². The van der Waals surface area contributed by atoms with Crippen molar-refractivity contribution in [2.24, 2.45) is 5.41 Å². The number of rotatable bonds is 6. The number of carbonyl (C=O) groups is 1. The first-order valence-corrected chi connectivity index (χ1v) is 6.95. The van der Waals surface area contributed by atoms with Crippen molar-refractivity contribution in [3.05, 3.63) is 46.2 Å². The van der Waals surface area contributed by atoms with E-state index in [2.05, 4.69) is 10.3 Å². The standard InChI is InChI=1S/C16H20N2O3/c1-16(2,15(20)21)7-8-17-10-12-9-11-5-3-4-6-13(11)18-14(12)19/h3-6,9,17H,7-8,10H2,1-2H3,(H,18,19)(H,20,21). The van der Waals surface area contributed by atoms with E-state index in [9.17, 15) is 9.59 Å². The summed E-state index contributed by atoms with van der Waals surface area (Å²) in [6, 6.07) is 9.48. The maximum absolute atomic E-state index is 11.9. The largest absolute Gasteiger partial charge is 0.481 e. The average molecular weight is 288 g/mol. The summed E-state index contributed by atoms with van der Waals surface area (Å²) in [5.41, 5.74) is 0.599. The normalized spacial score (nSPS) is 11.7. The molecule has 0 amide bonds. The Balaban J connectivity index is 1.99. The van der Waals surface area contributed by atoms with Gasteiger partial charge in [-0.2, -0.15) is 0 Å². The van der Waals surface area contributed by atoms with Gasteiger partial charge in [0.25, 0.3) is 5.56 Å². The number of aliphatic carboxylic acids is 1. The number of fused-ring (bicyclic) bond motifs is 1. The molecule has 0 aliphatic heterocycles. The first-order chi connectivity index (χ1) is 9.90. The first kappa shape index (κ1) is 15.3. The number of aromatic nitrogens is 1. The molecule has 0 fully saturated rings. The number of carboxylic acids is 1. The zero-order valence-corrected chi connectivity index (χ0v) is 12.3. The summed E-state index contributed by atoms with van der Waals surface area (Å²) < 4.78 is 0. The van der Waals surface area contributed by atoms with Crippen molar-refractivity contribution < 1.29 is 9.90 Å². The van der Waals surface area contributed by atoms with Crippen LogP contribution < -0.4 is 10.9 Å². The van der Waals surface area contributed by atoms with Gasteiger partial charge in [-0.25, -0.2) is 0 Å². The van der Waals surface area contributed by atoms with Crippen LogP contribution in [0.1, 0.15) is 25.8 Å². The topological polar surface area (TPSA) is 82.2 Å². The van der Waals surface area contributed by atoms with Crippen LogP contribution in [-0.2, 0) is 11.3 Å². The first-order valence-electron chi connectivity index (χ1n) is 6.95. The Bertz CT molecular complexity index is 704. The number of hydrogen-bond acceptors (Lipinski definition) is 3. The summed E-state index contributed by atoms with van der Waals surface area (Å²) in [6.07, 6.45) is 0.508. The molecule has 21 heavy (non-hydrogen) atoms. The highest BCUT2D eigenvalue weighted by molar-refractivity contribution is 5.78. The lowest BCUT2D eigenvalue weighted by Crippen LogP contribution is -2.29. The molecule has 0 bridgehead atoms. The van der Waals surface area contributed by atoms with Crippen molar-refractivity contribution in [1.29, 1.82) is 0 Å². The quantitative estimate of drug-likeness (QED) is 0.711. The molecule has 0 aliphatic rings. The molecule has 0 atom stereocenters. The molecule has 1 aromatic heterocycles. The van der Waals surface area contributed by atoms with E-state index in [1.54, 1.807) is 13.8 Å². The summed E-state index contributed by atoms with van der Waals surface area (Å²) in [4.78, 5) is 25.8. The molecule has 0 aliphatic carbocycles. The molecule has 112 valence electrons. The number of nitrogens with one attached hydrogen (secondary N) is 2. The van der Waals surface area contributed by atoms with Crippen molar-refractivity contribution in [3.8, 4) is 0 Å². The lowest BCUT2D eigenvalue weighted by Gasteiger charge is -2.18. The summed E-state index contributed by atoms with van der Waals surface area (Å²) in [6.45, 7) is 4.36. The smallest absolute Gasteiger partial charge is 0.309 e. The fourth-order valence-electron chi connectivity index (χ4n) is 2.05. The number of pyridine rings is 1. The van der Waals surface area contributed by atoms with E-state index in [-0.39, 0.29) is 5.56 Å². The molecule has 1 heterocycles. The molecular formula is C16H20N2O3. The Kier molecular flexibility index (Phi) is 4.43.